The van der Waals surface area contributed by atoms with Gasteiger partial charge in [0.25, 0.3) is 0 Å². The maximum absolute atomic E-state index is 12.2. The van der Waals surface area contributed by atoms with E-state index in [0.29, 0.717) is 21.0 Å². The van der Waals surface area contributed by atoms with E-state index < -0.39 is 5.91 Å². The highest BCUT2D eigenvalue weighted by molar-refractivity contribution is 5.85. The Labute approximate surface area is 111 Å². The number of piperidine rings is 1. The molecule has 2 rings (SSSR count). The molecule has 0 bridgehead atoms. The molecule has 1 N–H and O–H groups in total. The molecule has 7 heteroatoms. The van der Waals surface area contributed by atoms with Crippen LogP contribution in [-0.2, 0) is 4.79 Å². The van der Waals surface area contributed by atoms with Gasteiger partial charge >= 0.3 is 11.9 Å². The van der Waals surface area contributed by atoms with Crippen LogP contribution in [0.1, 0.15) is 31.9 Å². The molecule has 1 amide bonds. The van der Waals surface area contributed by atoms with Crippen molar-refractivity contribution >= 4 is 17.7 Å². The Morgan fingerprint density at radius 1 is 1.26 bits per heavy atom. The van der Waals surface area contributed by atoms with E-state index in [-0.39, 0.29) is 5.95 Å². The second-order valence-electron chi connectivity index (χ2n) is 4.79. The van der Waals surface area contributed by atoms with Gasteiger partial charge in [0.1, 0.15) is 5.69 Å². The fraction of sp³-hybridized carbons (Fsp3) is 0.583. The van der Waals surface area contributed by atoms with E-state index in [4.69, 9.17) is 0 Å². The molecule has 2 heterocycles. The number of rotatable bonds is 2. The Bertz CT molecular complexity index is 498. The number of hydrogen-bond acceptors (Lipinski definition) is 4. The van der Waals surface area contributed by atoms with Crippen molar-refractivity contribution in [1.29, 1.82) is 0 Å². The van der Waals surface area contributed by atoms with E-state index in [1.165, 1.54) is 6.92 Å². The Morgan fingerprint density at radius 2 is 1.89 bits per heavy atom. The minimum atomic E-state index is -0.440. The molecule has 1 aromatic heterocycles. The van der Waals surface area contributed by atoms with Crippen LogP contribution in [0.3, 0.4) is 0 Å². The van der Waals surface area contributed by atoms with E-state index in [2.05, 4.69) is 5.32 Å². The molecule has 0 saturated carbocycles. The summed E-state index contributed by atoms with van der Waals surface area (Å²) < 4.78 is 0.953. The van der Waals surface area contributed by atoms with Crippen LogP contribution in [0.2, 0.25) is 0 Å². The highest BCUT2D eigenvalue weighted by Crippen LogP contribution is 2.17. The fourth-order valence-electron chi connectivity index (χ4n) is 2.26. The van der Waals surface area contributed by atoms with Crippen molar-refractivity contribution in [3.8, 4) is 0 Å². The number of hydrogen-bond donors (Lipinski definition) is 1. The van der Waals surface area contributed by atoms with Gasteiger partial charge in [0, 0.05) is 26.9 Å². The molecule has 1 saturated heterocycles. The molecule has 0 aromatic carbocycles. The lowest BCUT2D eigenvalue weighted by atomic mass is 10.1. The lowest BCUT2D eigenvalue weighted by Crippen LogP contribution is -2.52. The number of carbonyl (C=O) groups is 1. The summed E-state index contributed by atoms with van der Waals surface area (Å²) in [5, 5.41) is 26.3. The highest BCUT2D eigenvalue weighted by atomic mass is 16.5. The topological polar surface area (TPSA) is 86.2 Å². The van der Waals surface area contributed by atoms with E-state index in [1.807, 2.05) is 4.90 Å². The van der Waals surface area contributed by atoms with Gasteiger partial charge in [0.05, 0.1) is 6.07 Å². The van der Waals surface area contributed by atoms with Gasteiger partial charge in [-0.2, -0.15) is 0 Å². The predicted octanol–water partition coefficient (Wildman–Crippen LogP) is 0.211. The van der Waals surface area contributed by atoms with Crippen molar-refractivity contribution in [2.45, 2.75) is 33.1 Å². The summed E-state index contributed by atoms with van der Waals surface area (Å²) in [4.78, 5) is 13.0. The Hall–Kier alpha value is -2.05. The summed E-state index contributed by atoms with van der Waals surface area (Å²) in [5.74, 6) is -0.300. The second-order valence-corrected chi connectivity index (χ2v) is 4.79. The Kier molecular flexibility index (Phi) is 3.73. The molecular formula is C12H18N4O3. The number of anilines is 2. The SMILES string of the molecule is CC(=O)Nc1[n+]([O-])c(C)cc(N2CCCCC2)[n+]1[O-]. The number of aryl methyl sites for hydroxylation is 1. The first-order valence-corrected chi connectivity index (χ1v) is 6.40. The van der Waals surface area contributed by atoms with Gasteiger partial charge in [0.15, 0.2) is 0 Å². The molecule has 0 atom stereocenters. The first kappa shape index (κ1) is 13.4. The molecule has 1 aromatic rings. The normalized spacial score (nSPS) is 15.4. The number of nitrogens with zero attached hydrogens (tertiary/aromatic N) is 3. The number of nitrogens with one attached hydrogen (secondary N) is 1. The molecule has 0 aliphatic carbocycles. The number of carbonyl (C=O) groups excluding carboxylic acids is 1. The summed E-state index contributed by atoms with van der Waals surface area (Å²) >= 11 is 0. The van der Waals surface area contributed by atoms with Crippen molar-refractivity contribution in [3.05, 3.63) is 22.2 Å². The fourth-order valence-corrected chi connectivity index (χ4v) is 2.26. The van der Waals surface area contributed by atoms with Gasteiger partial charge in [-0.25, -0.2) is 4.79 Å². The molecule has 0 unspecified atom stereocenters. The van der Waals surface area contributed by atoms with E-state index >= 15 is 0 Å². The van der Waals surface area contributed by atoms with Crippen molar-refractivity contribution in [3.63, 3.8) is 0 Å². The summed E-state index contributed by atoms with van der Waals surface area (Å²) in [6, 6.07) is 1.57. The van der Waals surface area contributed by atoms with Crippen LogP contribution in [0.15, 0.2) is 6.07 Å². The minimum absolute atomic E-state index is 0.284. The second kappa shape index (κ2) is 5.29. The summed E-state index contributed by atoms with van der Waals surface area (Å²) in [7, 11) is 0. The van der Waals surface area contributed by atoms with Crippen molar-refractivity contribution in [2.75, 3.05) is 23.3 Å². The van der Waals surface area contributed by atoms with Crippen molar-refractivity contribution in [2.24, 2.45) is 0 Å². The summed E-state index contributed by atoms with van der Waals surface area (Å²) in [5.41, 5.74) is 0.386. The van der Waals surface area contributed by atoms with Crippen LogP contribution in [0.5, 0.6) is 0 Å². The van der Waals surface area contributed by atoms with Crippen LogP contribution in [0.4, 0.5) is 11.8 Å². The third-order valence-corrected chi connectivity index (χ3v) is 3.22. The van der Waals surface area contributed by atoms with Crippen LogP contribution >= 0.6 is 0 Å². The highest BCUT2D eigenvalue weighted by Gasteiger charge is 2.27. The van der Waals surface area contributed by atoms with E-state index in [1.54, 1.807) is 13.0 Å². The minimum Gasteiger partial charge on any atom is -0.675 e. The first-order chi connectivity index (χ1) is 9.00. The van der Waals surface area contributed by atoms with Gasteiger partial charge in [0.2, 0.25) is 5.82 Å². The third-order valence-electron chi connectivity index (χ3n) is 3.22. The molecule has 104 valence electrons. The molecule has 7 nitrogen and oxygen atoms in total. The quantitative estimate of drug-likeness (QED) is 0.612. The van der Waals surface area contributed by atoms with Crippen molar-refractivity contribution < 1.29 is 14.3 Å². The molecule has 1 fully saturated rings. The van der Waals surface area contributed by atoms with Crippen LogP contribution < -0.4 is 19.7 Å². The van der Waals surface area contributed by atoms with Gasteiger partial charge in [-0.1, -0.05) is 0 Å². The average molecular weight is 266 g/mol. The molecule has 19 heavy (non-hydrogen) atoms. The molecular weight excluding hydrogens is 248 g/mol. The Balaban J connectivity index is 2.43. The zero-order chi connectivity index (χ0) is 14.0. The third kappa shape index (κ3) is 2.69. The van der Waals surface area contributed by atoms with Gasteiger partial charge in [-0.3, -0.25) is 0 Å². The average Bonchev–Trinajstić information content (AvgIpc) is 2.39. The van der Waals surface area contributed by atoms with E-state index in [9.17, 15) is 15.2 Å². The maximum atomic E-state index is 12.2. The summed E-state index contributed by atoms with van der Waals surface area (Å²) in [6.07, 6.45) is 3.21. The van der Waals surface area contributed by atoms with Gasteiger partial charge < -0.3 is 15.3 Å². The van der Waals surface area contributed by atoms with Crippen LogP contribution in [0, 0.1) is 17.3 Å². The number of aromatic nitrogens is 2. The van der Waals surface area contributed by atoms with Crippen LogP contribution in [0.25, 0.3) is 0 Å². The molecule has 0 spiro atoms. The zero-order valence-electron chi connectivity index (χ0n) is 11.2. The van der Waals surface area contributed by atoms with Crippen molar-refractivity contribution in [1.82, 2.24) is 0 Å². The maximum Gasteiger partial charge on any atom is 0.546 e. The molecule has 1 aliphatic heterocycles. The smallest absolute Gasteiger partial charge is 0.546 e. The number of amides is 1. The van der Waals surface area contributed by atoms with Gasteiger partial charge in [-0.05, 0) is 19.3 Å². The monoisotopic (exact) mass is 266 g/mol. The largest absolute Gasteiger partial charge is 0.675 e. The standard InChI is InChI=1S/C12H18N4O3/c1-9-8-11(14-6-4-3-5-7-14)16(19)12(15(9)18)13-10(2)17/h8H,3-7H2,1-2H3,(H,13,17). The lowest BCUT2D eigenvalue weighted by Gasteiger charge is -2.28. The van der Waals surface area contributed by atoms with Crippen LogP contribution in [-0.4, -0.2) is 19.0 Å². The van der Waals surface area contributed by atoms with Gasteiger partial charge in [-0.15, -0.1) is 14.8 Å². The summed E-state index contributed by atoms with van der Waals surface area (Å²) in [6.45, 7) is 4.47. The predicted molar refractivity (Wildman–Crippen MR) is 69.5 cm³/mol. The molecule has 1 aliphatic rings. The Morgan fingerprint density at radius 3 is 2.47 bits per heavy atom. The first-order valence-electron chi connectivity index (χ1n) is 6.40. The van der Waals surface area contributed by atoms with E-state index in [0.717, 1.165) is 32.4 Å². The lowest BCUT2D eigenvalue weighted by molar-refractivity contribution is -0.715. The molecule has 0 radical (unpaired) electrons. The zero-order valence-corrected chi connectivity index (χ0v) is 11.2.